The van der Waals surface area contributed by atoms with Crippen molar-refractivity contribution < 1.29 is 9.59 Å². The van der Waals surface area contributed by atoms with Crippen molar-refractivity contribution in [3.8, 4) is 0 Å². The van der Waals surface area contributed by atoms with Crippen LogP contribution in [0.3, 0.4) is 0 Å². The summed E-state index contributed by atoms with van der Waals surface area (Å²) in [5.41, 5.74) is 0. The number of hydrogen-bond donors (Lipinski definition) is 1. The van der Waals surface area contributed by atoms with E-state index in [9.17, 15) is 9.59 Å². The second-order valence-electron chi connectivity index (χ2n) is 4.58. The fraction of sp³-hybridized carbons (Fsp3) is 0.846. The number of nitrogens with zero attached hydrogens (tertiary/aromatic N) is 2. The zero-order valence-corrected chi connectivity index (χ0v) is 11.6. The van der Waals surface area contributed by atoms with Crippen molar-refractivity contribution in [2.75, 3.05) is 39.3 Å². The minimum Gasteiger partial charge on any atom is -0.343 e. The number of likely N-dealkylation sites (N-methyl/N-ethyl adjacent to an activating group) is 1. The van der Waals surface area contributed by atoms with E-state index < -0.39 is 0 Å². The maximum absolute atomic E-state index is 11.7. The predicted molar refractivity (Wildman–Crippen MR) is 71.2 cm³/mol. The summed E-state index contributed by atoms with van der Waals surface area (Å²) in [4.78, 5) is 27.1. The van der Waals surface area contributed by atoms with Gasteiger partial charge in [0.15, 0.2) is 0 Å². The predicted octanol–water partition coefficient (Wildman–Crippen LogP) is 0.457. The van der Waals surface area contributed by atoms with Crippen LogP contribution in [-0.2, 0) is 9.59 Å². The van der Waals surface area contributed by atoms with Gasteiger partial charge in [0.2, 0.25) is 11.8 Å². The molecule has 0 radical (unpaired) electrons. The molecule has 2 amide bonds. The average Bonchev–Trinajstić information content (AvgIpc) is 2.89. The molecule has 1 aliphatic rings. The molecule has 1 N–H and O–H groups in total. The smallest absolute Gasteiger partial charge is 0.236 e. The van der Waals surface area contributed by atoms with Crippen LogP contribution in [0.15, 0.2) is 0 Å². The second kappa shape index (κ2) is 8.08. The number of carbonyl (C=O) groups excluding carboxylic acids is 2. The van der Waals surface area contributed by atoms with Crippen LogP contribution < -0.4 is 5.32 Å². The lowest BCUT2D eigenvalue weighted by atomic mass is 10.3. The molecule has 0 spiro atoms. The Balaban J connectivity index is 2.10. The third-order valence-electron chi connectivity index (χ3n) is 3.37. The highest BCUT2D eigenvalue weighted by Crippen LogP contribution is 2.08. The minimum absolute atomic E-state index is 0.105. The molecule has 0 saturated carbocycles. The molecule has 1 heterocycles. The monoisotopic (exact) mass is 255 g/mol. The van der Waals surface area contributed by atoms with E-state index in [0.29, 0.717) is 19.5 Å². The third-order valence-corrected chi connectivity index (χ3v) is 3.37. The van der Waals surface area contributed by atoms with Gasteiger partial charge in [-0.2, -0.15) is 0 Å². The molecule has 0 aliphatic carbocycles. The highest BCUT2D eigenvalue weighted by molar-refractivity contribution is 5.78. The Morgan fingerprint density at radius 2 is 1.78 bits per heavy atom. The van der Waals surface area contributed by atoms with Crippen molar-refractivity contribution >= 4 is 11.8 Å². The second-order valence-corrected chi connectivity index (χ2v) is 4.58. The van der Waals surface area contributed by atoms with Crippen LogP contribution in [0.25, 0.3) is 0 Å². The molecule has 0 atom stereocenters. The highest BCUT2D eigenvalue weighted by atomic mass is 16.2. The van der Waals surface area contributed by atoms with Gasteiger partial charge >= 0.3 is 0 Å². The van der Waals surface area contributed by atoms with Gasteiger partial charge in [-0.15, -0.1) is 0 Å². The van der Waals surface area contributed by atoms with E-state index in [0.717, 1.165) is 39.0 Å². The number of likely N-dealkylation sites (tertiary alicyclic amines) is 1. The summed E-state index contributed by atoms with van der Waals surface area (Å²) in [6.07, 6.45) is 2.74. The normalized spacial score (nSPS) is 14.9. The molecule has 0 aromatic carbocycles. The lowest BCUT2D eigenvalue weighted by Crippen LogP contribution is -2.39. The van der Waals surface area contributed by atoms with Crippen molar-refractivity contribution in [3.05, 3.63) is 0 Å². The van der Waals surface area contributed by atoms with E-state index in [1.807, 2.05) is 18.7 Å². The van der Waals surface area contributed by atoms with Crippen LogP contribution >= 0.6 is 0 Å². The molecule has 0 aromatic heterocycles. The Labute approximate surface area is 110 Å². The van der Waals surface area contributed by atoms with Gasteiger partial charge in [0.05, 0.1) is 6.54 Å². The van der Waals surface area contributed by atoms with Gasteiger partial charge in [0.25, 0.3) is 0 Å². The molecule has 18 heavy (non-hydrogen) atoms. The van der Waals surface area contributed by atoms with Gasteiger partial charge in [-0.25, -0.2) is 0 Å². The van der Waals surface area contributed by atoms with E-state index in [-0.39, 0.29) is 11.8 Å². The lowest BCUT2D eigenvalue weighted by Gasteiger charge is -2.19. The average molecular weight is 255 g/mol. The standard InChI is InChI=1S/C13H25N3O2/c1-3-15(4-2)13(18)11-14-8-7-12(17)16-9-5-6-10-16/h14H,3-11H2,1-2H3. The molecular weight excluding hydrogens is 230 g/mol. The summed E-state index contributed by atoms with van der Waals surface area (Å²) in [5, 5.41) is 3.05. The first-order valence-electron chi connectivity index (χ1n) is 6.95. The minimum atomic E-state index is 0.105. The summed E-state index contributed by atoms with van der Waals surface area (Å²) in [5.74, 6) is 0.309. The molecule has 0 unspecified atom stereocenters. The van der Waals surface area contributed by atoms with Crippen LogP contribution in [-0.4, -0.2) is 60.9 Å². The van der Waals surface area contributed by atoms with Crippen molar-refractivity contribution in [1.29, 1.82) is 0 Å². The topological polar surface area (TPSA) is 52.7 Å². The van der Waals surface area contributed by atoms with E-state index in [1.165, 1.54) is 0 Å². The number of nitrogens with one attached hydrogen (secondary N) is 1. The Morgan fingerprint density at radius 3 is 2.33 bits per heavy atom. The lowest BCUT2D eigenvalue weighted by molar-refractivity contribution is -0.131. The van der Waals surface area contributed by atoms with Crippen molar-refractivity contribution in [1.82, 2.24) is 15.1 Å². The van der Waals surface area contributed by atoms with Gasteiger partial charge in [0.1, 0.15) is 0 Å². The number of amides is 2. The van der Waals surface area contributed by atoms with Crippen LogP contribution in [0.2, 0.25) is 0 Å². The maximum atomic E-state index is 11.7. The summed E-state index contributed by atoms with van der Waals surface area (Å²) in [6.45, 7) is 8.13. The zero-order chi connectivity index (χ0) is 13.4. The van der Waals surface area contributed by atoms with Gasteiger partial charge < -0.3 is 15.1 Å². The molecule has 0 aromatic rings. The molecule has 5 heteroatoms. The number of rotatable bonds is 7. The summed E-state index contributed by atoms with van der Waals surface area (Å²) >= 11 is 0. The van der Waals surface area contributed by atoms with Gasteiger partial charge in [-0.05, 0) is 26.7 Å². The van der Waals surface area contributed by atoms with Crippen LogP contribution in [0.4, 0.5) is 0 Å². The molecular formula is C13H25N3O2. The molecule has 1 fully saturated rings. The Bertz CT molecular complexity index is 255. The van der Waals surface area contributed by atoms with Gasteiger partial charge in [-0.1, -0.05) is 0 Å². The first-order valence-corrected chi connectivity index (χ1v) is 6.95. The van der Waals surface area contributed by atoms with Crippen molar-refractivity contribution in [3.63, 3.8) is 0 Å². The third kappa shape index (κ3) is 4.64. The molecule has 1 saturated heterocycles. The molecule has 1 aliphatic heterocycles. The molecule has 0 bridgehead atoms. The first-order chi connectivity index (χ1) is 8.69. The van der Waals surface area contributed by atoms with E-state index in [4.69, 9.17) is 0 Å². The molecule has 1 rings (SSSR count). The van der Waals surface area contributed by atoms with E-state index in [1.54, 1.807) is 4.90 Å². The highest BCUT2D eigenvalue weighted by Gasteiger charge is 2.17. The summed E-state index contributed by atoms with van der Waals surface area (Å²) < 4.78 is 0. The van der Waals surface area contributed by atoms with E-state index >= 15 is 0 Å². The van der Waals surface area contributed by atoms with Crippen LogP contribution in [0.5, 0.6) is 0 Å². The zero-order valence-electron chi connectivity index (χ0n) is 11.6. The molecule has 5 nitrogen and oxygen atoms in total. The Morgan fingerprint density at radius 1 is 1.17 bits per heavy atom. The fourth-order valence-electron chi connectivity index (χ4n) is 2.20. The quantitative estimate of drug-likeness (QED) is 0.672. The first kappa shape index (κ1) is 15.0. The number of carbonyl (C=O) groups is 2. The van der Waals surface area contributed by atoms with Crippen LogP contribution in [0.1, 0.15) is 33.1 Å². The van der Waals surface area contributed by atoms with Crippen molar-refractivity contribution in [2.45, 2.75) is 33.1 Å². The number of hydrogen-bond acceptors (Lipinski definition) is 3. The summed E-state index contributed by atoms with van der Waals surface area (Å²) in [7, 11) is 0. The van der Waals surface area contributed by atoms with Crippen LogP contribution in [0, 0.1) is 0 Å². The fourth-order valence-corrected chi connectivity index (χ4v) is 2.20. The SMILES string of the molecule is CCN(CC)C(=O)CNCCC(=O)N1CCCC1. The summed E-state index contributed by atoms with van der Waals surface area (Å²) in [6, 6.07) is 0. The Kier molecular flexibility index (Phi) is 6.72. The van der Waals surface area contributed by atoms with E-state index in [2.05, 4.69) is 5.32 Å². The van der Waals surface area contributed by atoms with Crippen molar-refractivity contribution in [2.24, 2.45) is 0 Å². The Hall–Kier alpha value is -1.10. The molecule has 104 valence electrons. The van der Waals surface area contributed by atoms with Gasteiger partial charge in [-0.3, -0.25) is 9.59 Å². The van der Waals surface area contributed by atoms with Gasteiger partial charge in [0, 0.05) is 39.1 Å². The maximum Gasteiger partial charge on any atom is 0.236 e. The largest absolute Gasteiger partial charge is 0.343 e.